The first kappa shape index (κ1) is 17.8. The summed E-state index contributed by atoms with van der Waals surface area (Å²) in [6.07, 6.45) is 5.71. The first-order chi connectivity index (χ1) is 13.6. The third-order valence-electron chi connectivity index (χ3n) is 4.98. The molecule has 2 unspecified atom stereocenters. The summed E-state index contributed by atoms with van der Waals surface area (Å²) in [4.78, 5) is 19.9. The molecule has 0 aliphatic carbocycles. The van der Waals surface area contributed by atoms with Crippen LogP contribution >= 0.6 is 0 Å². The van der Waals surface area contributed by atoms with E-state index in [4.69, 9.17) is 5.73 Å². The Morgan fingerprint density at radius 3 is 2.89 bits per heavy atom. The van der Waals surface area contributed by atoms with Gasteiger partial charge in [0, 0.05) is 30.1 Å². The van der Waals surface area contributed by atoms with Crippen molar-refractivity contribution in [3.63, 3.8) is 0 Å². The van der Waals surface area contributed by atoms with E-state index in [2.05, 4.69) is 20.4 Å². The molecule has 0 fully saturated rings. The molecule has 142 valence electrons. The number of nitrogens with two attached hydrogens (primary N) is 1. The van der Waals surface area contributed by atoms with Crippen molar-refractivity contribution in [3.05, 3.63) is 72.1 Å². The highest BCUT2D eigenvalue weighted by atomic mass is 19.1. The average Bonchev–Trinajstić information content (AvgIpc) is 3.33. The molecule has 3 heterocycles. The molecule has 2 atom stereocenters. The van der Waals surface area contributed by atoms with Crippen molar-refractivity contribution < 1.29 is 9.18 Å². The fraction of sp³-hybridized carbons (Fsp3) is 0.200. The third kappa shape index (κ3) is 2.74. The fourth-order valence-corrected chi connectivity index (χ4v) is 3.61. The topological polar surface area (TPSA) is 98.2 Å². The van der Waals surface area contributed by atoms with Crippen molar-refractivity contribution in [2.24, 2.45) is 10.7 Å². The monoisotopic (exact) mass is 378 g/mol. The van der Waals surface area contributed by atoms with Crippen molar-refractivity contribution in [1.82, 2.24) is 20.1 Å². The SMILES string of the molecule is CCn1cc(C2(c3cccc(-c4cccnc4F)c3)NC(N)=NC2C=O)cn1. The number of nitrogens with zero attached hydrogens (tertiary/aromatic N) is 4. The second kappa shape index (κ2) is 6.88. The number of guanidine groups is 1. The summed E-state index contributed by atoms with van der Waals surface area (Å²) in [5.41, 5.74) is 7.42. The van der Waals surface area contributed by atoms with Gasteiger partial charge in [0.1, 0.15) is 17.9 Å². The molecule has 0 radical (unpaired) electrons. The van der Waals surface area contributed by atoms with Gasteiger partial charge in [0.2, 0.25) is 5.95 Å². The van der Waals surface area contributed by atoms with Crippen LogP contribution < -0.4 is 11.1 Å². The Balaban J connectivity index is 1.90. The van der Waals surface area contributed by atoms with E-state index >= 15 is 0 Å². The van der Waals surface area contributed by atoms with Gasteiger partial charge in [0.05, 0.1) is 6.20 Å². The van der Waals surface area contributed by atoms with E-state index in [1.165, 1.54) is 6.20 Å². The van der Waals surface area contributed by atoms with Crippen molar-refractivity contribution in [1.29, 1.82) is 0 Å². The summed E-state index contributed by atoms with van der Waals surface area (Å²) in [5, 5.41) is 7.50. The molecule has 28 heavy (non-hydrogen) atoms. The molecular weight excluding hydrogens is 359 g/mol. The zero-order chi connectivity index (χ0) is 19.7. The van der Waals surface area contributed by atoms with E-state index in [0.717, 1.165) is 17.4 Å². The summed E-state index contributed by atoms with van der Waals surface area (Å²) >= 11 is 0. The number of rotatable bonds is 5. The van der Waals surface area contributed by atoms with Gasteiger partial charge in [0.25, 0.3) is 0 Å². The maximum absolute atomic E-state index is 14.2. The number of nitrogens with one attached hydrogen (secondary N) is 1. The van der Waals surface area contributed by atoms with Crippen LogP contribution in [-0.4, -0.2) is 33.1 Å². The molecular formula is C20H19FN6O. The minimum absolute atomic E-state index is 0.166. The number of hydrogen-bond acceptors (Lipinski definition) is 6. The number of carbonyl (C=O) groups excluding carboxylic acids is 1. The Bertz CT molecular complexity index is 1060. The van der Waals surface area contributed by atoms with Crippen molar-refractivity contribution in [3.8, 4) is 11.1 Å². The number of carbonyl (C=O) groups is 1. The van der Waals surface area contributed by atoms with Gasteiger partial charge < -0.3 is 15.8 Å². The van der Waals surface area contributed by atoms with Crippen LogP contribution in [0.2, 0.25) is 0 Å². The van der Waals surface area contributed by atoms with Gasteiger partial charge in [-0.05, 0) is 36.2 Å². The molecule has 8 heteroatoms. The molecule has 0 amide bonds. The number of hydrogen-bond donors (Lipinski definition) is 2. The number of pyridine rings is 1. The lowest BCUT2D eigenvalue weighted by atomic mass is 9.78. The lowest BCUT2D eigenvalue weighted by Crippen LogP contribution is -2.50. The maximum Gasteiger partial charge on any atom is 0.220 e. The first-order valence-electron chi connectivity index (χ1n) is 8.89. The van der Waals surface area contributed by atoms with Crippen molar-refractivity contribution in [2.75, 3.05) is 0 Å². The number of halogens is 1. The minimum atomic E-state index is -1.02. The van der Waals surface area contributed by atoms with Gasteiger partial charge in [-0.15, -0.1) is 0 Å². The second-order valence-corrected chi connectivity index (χ2v) is 6.54. The number of benzene rings is 1. The average molecular weight is 378 g/mol. The highest BCUT2D eigenvalue weighted by molar-refractivity contribution is 5.87. The molecule has 0 saturated heterocycles. The molecule has 3 aromatic rings. The molecule has 1 aliphatic rings. The largest absolute Gasteiger partial charge is 0.370 e. The lowest BCUT2D eigenvalue weighted by Gasteiger charge is -2.32. The van der Waals surface area contributed by atoms with Gasteiger partial charge in [0.15, 0.2) is 5.96 Å². The number of aromatic nitrogens is 3. The van der Waals surface area contributed by atoms with Crippen LogP contribution in [0.5, 0.6) is 0 Å². The number of aliphatic imine (C=N–C) groups is 1. The lowest BCUT2D eigenvalue weighted by molar-refractivity contribution is -0.109. The maximum atomic E-state index is 14.2. The third-order valence-corrected chi connectivity index (χ3v) is 4.98. The number of aryl methyl sites for hydroxylation is 1. The van der Waals surface area contributed by atoms with E-state index < -0.39 is 17.5 Å². The quantitative estimate of drug-likeness (QED) is 0.521. The van der Waals surface area contributed by atoms with Gasteiger partial charge in [-0.3, -0.25) is 4.68 Å². The molecule has 3 N–H and O–H groups in total. The van der Waals surface area contributed by atoms with E-state index in [1.807, 2.05) is 25.3 Å². The first-order valence-corrected chi connectivity index (χ1v) is 8.89. The Labute approximate surface area is 161 Å². The summed E-state index contributed by atoms with van der Waals surface area (Å²) in [6.45, 7) is 2.65. The Morgan fingerprint density at radius 1 is 1.32 bits per heavy atom. The Hall–Kier alpha value is -3.55. The van der Waals surface area contributed by atoms with E-state index in [0.29, 0.717) is 17.7 Å². The zero-order valence-electron chi connectivity index (χ0n) is 15.2. The summed E-state index contributed by atoms with van der Waals surface area (Å²) in [7, 11) is 0. The molecule has 0 saturated carbocycles. The van der Waals surface area contributed by atoms with E-state index in [9.17, 15) is 9.18 Å². The van der Waals surface area contributed by atoms with Crippen molar-refractivity contribution in [2.45, 2.75) is 25.0 Å². The van der Waals surface area contributed by atoms with Crippen molar-refractivity contribution >= 4 is 12.2 Å². The van der Waals surface area contributed by atoms with Crippen LogP contribution in [0, 0.1) is 5.95 Å². The highest BCUT2D eigenvalue weighted by Gasteiger charge is 2.48. The van der Waals surface area contributed by atoms with E-state index in [1.54, 1.807) is 35.1 Å². The molecule has 1 aliphatic heterocycles. The van der Waals surface area contributed by atoms with E-state index in [-0.39, 0.29) is 5.96 Å². The van der Waals surface area contributed by atoms with Gasteiger partial charge >= 0.3 is 0 Å². The predicted octanol–water partition coefficient (Wildman–Crippen LogP) is 1.83. The molecule has 2 aromatic heterocycles. The molecule has 0 spiro atoms. The van der Waals surface area contributed by atoms with Crippen LogP contribution in [0.15, 0.2) is 60.0 Å². The van der Waals surface area contributed by atoms with Crippen LogP contribution in [0.4, 0.5) is 4.39 Å². The van der Waals surface area contributed by atoms with Crippen LogP contribution in [-0.2, 0) is 16.9 Å². The van der Waals surface area contributed by atoms with Crippen LogP contribution in [0.3, 0.4) is 0 Å². The smallest absolute Gasteiger partial charge is 0.220 e. The summed E-state index contributed by atoms with van der Waals surface area (Å²) in [5.74, 6) is -0.395. The highest BCUT2D eigenvalue weighted by Crippen LogP contribution is 2.38. The fourth-order valence-electron chi connectivity index (χ4n) is 3.61. The Kier molecular flexibility index (Phi) is 4.38. The number of aldehydes is 1. The predicted molar refractivity (Wildman–Crippen MR) is 103 cm³/mol. The van der Waals surface area contributed by atoms with Gasteiger partial charge in [-0.1, -0.05) is 18.2 Å². The zero-order valence-corrected chi connectivity index (χ0v) is 15.2. The summed E-state index contributed by atoms with van der Waals surface area (Å²) < 4.78 is 16.0. The molecule has 4 rings (SSSR count). The summed E-state index contributed by atoms with van der Waals surface area (Å²) in [6, 6.07) is 9.83. The standard InChI is InChI=1S/C20H19FN6O/c1-2-27-11-15(10-24-27)20(17(12-28)25-19(22)26-20)14-6-3-5-13(9-14)16-7-4-8-23-18(16)21/h3-12,17H,2H2,1H3,(H3,22,25,26). The molecule has 1 aromatic carbocycles. The molecule has 0 bridgehead atoms. The minimum Gasteiger partial charge on any atom is -0.370 e. The van der Waals surface area contributed by atoms with Crippen LogP contribution in [0.25, 0.3) is 11.1 Å². The van der Waals surface area contributed by atoms with Gasteiger partial charge in [-0.2, -0.15) is 9.49 Å². The molecule has 7 nitrogen and oxygen atoms in total. The second-order valence-electron chi connectivity index (χ2n) is 6.54. The van der Waals surface area contributed by atoms with Crippen LogP contribution in [0.1, 0.15) is 18.1 Å². The normalized spacial score (nSPS) is 21.2. The Morgan fingerprint density at radius 2 is 2.18 bits per heavy atom. The van der Waals surface area contributed by atoms with Gasteiger partial charge in [-0.25, -0.2) is 9.98 Å².